The molecule has 1 aromatic carbocycles. The molecule has 1 heterocycles. The summed E-state index contributed by atoms with van der Waals surface area (Å²) < 4.78 is 37.8. The van der Waals surface area contributed by atoms with Crippen molar-refractivity contribution in [3.63, 3.8) is 0 Å². The van der Waals surface area contributed by atoms with Crippen molar-refractivity contribution in [2.75, 3.05) is 18.1 Å². The SMILES string of the molecule is OC(CNC1CCCSC1)c1cccc(C(F)(F)F)c1. The van der Waals surface area contributed by atoms with E-state index in [0.717, 1.165) is 36.5 Å². The van der Waals surface area contributed by atoms with Crippen molar-refractivity contribution in [3.8, 4) is 0 Å². The molecular weight excluding hydrogens is 287 g/mol. The highest BCUT2D eigenvalue weighted by Crippen LogP contribution is 2.30. The number of alkyl halides is 3. The van der Waals surface area contributed by atoms with Crippen LogP contribution in [0.1, 0.15) is 30.1 Å². The van der Waals surface area contributed by atoms with Gasteiger partial charge in [0.2, 0.25) is 0 Å². The van der Waals surface area contributed by atoms with E-state index in [-0.39, 0.29) is 6.54 Å². The minimum absolute atomic E-state index is 0.284. The third-order valence-electron chi connectivity index (χ3n) is 3.36. The molecule has 1 aromatic rings. The van der Waals surface area contributed by atoms with Crippen LogP contribution in [0.5, 0.6) is 0 Å². The third kappa shape index (κ3) is 4.40. The summed E-state index contributed by atoms with van der Waals surface area (Å²) in [4.78, 5) is 0. The lowest BCUT2D eigenvalue weighted by Gasteiger charge is -2.24. The minimum atomic E-state index is -4.37. The molecule has 0 aromatic heterocycles. The molecule has 0 bridgehead atoms. The molecule has 0 radical (unpaired) electrons. The Morgan fingerprint density at radius 3 is 2.85 bits per heavy atom. The van der Waals surface area contributed by atoms with Gasteiger partial charge in [-0.3, -0.25) is 0 Å². The average Bonchev–Trinajstić information content (AvgIpc) is 2.45. The fraction of sp³-hybridized carbons (Fsp3) is 0.571. The zero-order valence-corrected chi connectivity index (χ0v) is 11.8. The van der Waals surface area contributed by atoms with E-state index in [2.05, 4.69) is 5.32 Å². The van der Waals surface area contributed by atoms with Crippen LogP contribution >= 0.6 is 11.8 Å². The van der Waals surface area contributed by atoms with Crippen LogP contribution in [0.4, 0.5) is 13.2 Å². The van der Waals surface area contributed by atoms with Gasteiger partial charge in [0.1, 0.15) is 0 Å². The van der Waals surface area contributed by atoms with E-state index >= 15 is 0 Å². The smallest absolute Gasteiger partial charge is 0.387 e. The highest BCUT2D eigenvalue weighted by atomic mass is 32.2. The molecule has 1 aliphatic rings. The van der Waals surface area contributed by atoms with E-state index < -0.39 is 17.8 Å². The molecule has 2 rings (SSSR count). The van der Waals surface area contributed by atoms with Crippen molar-refractivity contribution in [2.45, 2.75) is 31.2 Å². The monoisotopic (exact) mass is 305 g/mol. The minimum Gasteiger partial charge on any atom is -0.387 e. The Hall–Kier alpha value is -0.720. The summed E-state index contributed by atoms with van der Waals surface area (Å²) in [5.41, 5.74) is -0.418. The molecule has 0 saturated carbocycles. The van der Waals surface area contributed by atoms with Crippen LogP contribution in [0, 0.1) is 0 Å². The van der Waals surface area contributed by atoms with E-state index in [4.69, 9.17) is 0 Å². The zero-order chi connectivity index (χ0) is 14.6. The van der Waals surface area contributed by atoms with E-state index in [1.165, 1.54) is 12.1 Å². The second-order valence-electron chi connectivity index (χ2n) is 4.96. The number of rotatable bonds is 4. The van der Waals surface area contributed by atoms with Crippen LogP contribution in [0.3, 0.4) is 0 Å². The Bertz CT molecular complexity index is 433. The fourth-order valence-electron chi connectivity index (χ4n) is 2.22. The summed E-state index contributed by atoms with van der Waals surface area (Å²) >= 11 is 1.86. The molecule has 0 aliphatic carbocycles. The van der Waals surface area contributed by atoms with E-state index in [0.29, 0.717) is 11.6 Å². The van der Waals surface area contributed by atoms with Crippen LogP contribution in [0.25, 0.3) is 0 Å². The maximum Gasteiger partial charge on any atom is 0.416 e. The first-order valence-electron chi connectivity index (χ1n) is 6.63. The Balaban J connectivity index is 1.93. The summed E-state index contributed by atoms with van der Waals surface area (Å²) in [6.07, 6.45) is -3.09. The Morgan fingerprint density at radius 2 is 2.20 bits per heavy atom. The number of benzene rings is 1. The lowest BCUT2D eigenvalue weighted by Crippen LogP contribution is -2.36. The van der Waals surface area contributed by atoms with Crippen molar-refractivity contribution in [1.29, 1.82) is 0 Å². The average molecular weight is 305 g/mol. The second kappa shape index (κ2) is 6.83. The molecule has 0 amide bonds. The van der Waals surface area contributed by atoms with Crippen LogP contribution in [0.15, 0.2) is 24.3 Å². The molecule has 6 heteroatoms. The van der Waals surface area contributed by atoms with Crippen molar-refractivity contribution in [1.82, 2.24) is 5.32 Å². The number of aliphatic hydroxyl groups is 1. The maximum atomic E-state index is 12.6. The van der Waals surface area contributed by atoms with Gasteiger partial charge < -0.3 is 10.4 Å². The first kappa shape index (κ1) is 15.7. The molecule has 2 nitrogen and oxygen atoms in total. The predicted octanol–water partition coefficient (Wildman–Crippen LogP) is 3.22. The standard InChI is InChI=1S/C14H18F3NOS/c15-14(16,17)11-4-1-3-10(7-11)13(19)8-18-12-5-2-6-20-9-12/h1,3-4,7,12-13,18-19H,2,5-6,8-9H2. The molecule has 0 spiro atoms. The van der Waals surface area contributed by atoms with Crippen molar-refractivity contribution < 1.29 is 18.3 Å². The van der Waals surface area contributed by atoms with Gasteiger partial charge in [0.15, 0.2) is 0 Å². The van der Waals surface area contributed by atoms with Crippen LogP contribution in [0.2, 0.25) is 0 Å². The summed E-state index contributed by atoms with van der Waals surface area (Å²) in [7, 11) is 0. The number of nitrogens with one attached hydrogen (secondary N) is 1. The van der Waals surface area contributed by atoms with Gasteiger partial charge in [-0.1, -0.05) is 12.1 Å². The number of hydrogen-bond acceptors (Lipinski definition) is 3. The van der Waals surface area contributed by atoms with Gasteiger partial charge in [-0.25, -0.2) is 0 Å². The Labute approximate surface area is 120 Å². The first-order valence-corrected chi connectivity index (χ1v) is 7.78. The van der Waals surface area contributed by atoms with Gasteiger partial charge in [0.05, 0.1) is 11.7 Å². The molecular formula is C14H18F3NOS. The van der Waals surface area contributed by atoms with Crippen LogP contribution in [-0.2, 0) is 6.18 Å². The summed E-state index contributed by atoms with van der Waals surface area (Å²) in [6.45, 7) is 0.284. The fourth-order valence-corrected chi connectivity index (χ4v) is 3.33. The number of halogens is 3. The summed E-state index contributed by atoms with van der Waals surface area (Å²) in [6, 6.07) is 5.23. The number of thioether (sulfide) groups is 1. The first-order chi connectivity index (χ1) is 9.47. The zero-order valence-electron chi connectivity index (χ0n) is 11.0. The van der Waals surface area contributed by atoms with E-state index in [1.54, 1.807) is 0 Å². The lowest BCUT2D eigenvalue weighted by molar-refractivity contribution is -0.137. The van der Waals surface area contributed by atoms with Gasteiger partial charge >= 0.3 is 6.18 Å². The van der Waals surface area contributed by atoms with Crippen molar-refractivity contribution in [3.05, 3.63) is 35.4 Å². The van der Waals surface area contributed by atoms with E-state index in [1.807, 2.05) is 11.8 Å². The van der Waals surface area contributed by atoms with Crippen LogP contribution in [-0.4, -0.2) is 29.2 Å². The maximum absolute atomic E-state index is 12.6. The topological polar surface area (TPSA) is 32.3 Å². The Morgan fingerprint density at radius 1 is 1.40 bits per heavy atom. The molecule has 2 N–H and O–H groups in total. The Kier molecular flexibility index (Phi) is 5.35. The van der Waals surface area contributed by atoms with Crippen molar-refractivity contribution in [2.24, 2.45) is 0 Å². The normalized spacial score (nSPS) is 21.7. The third-order valence-corrected chi connectivity index (χ3v) is 4.57. The molecule has 2 atom stereocenters. The molecule has 2 unspecified atom stereocenters. The molecule has 1 fully saturated rings. The largest absolute Gasteiger partial charge is 0.416 e. The van der Waals surface area contributed by atoms with Crippen LogP contribution < -0.4 is 5.32 Å². The van der Waals surface area contributed by atoms with Gasteiger partial charge in [0, 0.05) is 18.3 Å². The highest BCUT2D eigenvalue weighted by Gasteiger charge is 2.30. The van der Waals surface area contributed by atoms with Gasteiger partial charge in [-0.15, -0.1) is 0 Å². The van der Waals surface area contributed by atoms with Gasteiger partial charge in [-0.05, 0) is 36.3 Å². The van der Waals surface area contributed by atoms with E-state index in [9.17, 15) is 18.3 Å². The highest BCUT2D eigenvalue weighted by molar-refractivity contribution is 7.99. The summed E-state index contributed by atoms with van der Waals surface area (Å²) in [5, 5.41) is 13.2. The number of aliphatic hydroxyl groups excluding tert-OH is 1. The lowest BCUT2D eigenvalue weighted by atomic mass is 10.1. The second-order valence-corrected chi connectivity index (χ2v) is 6.11. The molecule has 1 saturated heterocycles. The van der Waals surface area contributed by atoms with Crippen molar-refractivity contribution >= 4 is 11.8 Å². The predicted molar refractivity (Wildman–Crippen MR) is 74.8 cm³/mol. The molecule has 20 heavy (non-hydrogen) atoms. The molecule has 112 valence electrons. The molecule has 1 aliphatic heterocycles. The van der Waals surface area contributed by atoms with Gasteiger partial charge in [0.25, 0.3) is 0 Å². The van der Waals surface area contributed by atoms with Gasteiger partial charge in [-0.2, -0.15) is 24.9 Å². The summed E-state index contributed by atoms with van der Waals surface area (Å²) in [5.74, 6) is 2.16. The quantitative estimate of drug-likeness (QED) is 0.896. The number of hydrogen-bond donors (Lipinski definition) is 2.